The van der Waals surface area contributed by atoms with Gasteiger partial charge in [-0.05, 0) is 12.2 Å². The maximum Gasteiger partial charge on any atom is 0.144 e. The number of hydrogen-bond donors (Lipinski definition) is 1. The van der Waals surface area contributed by atoms with Crippen LogP contribution in [0.3, 0.4) is 0 Å². The Kier molecular flexibility index (Phi) is 2.68. The molecule has 2 aliphatic heterocycles. The van der Waals surface area contributed by atoms with E-state index < -0.39 is 0 Å². The molecule has 2 fully saturated rings. The molecule has 2 heterocycles. The molecule has 2 saturated heterocycles. The van der Waals surface area contributed by atoms with Crippen molar-refractivity contribution in [3.8, 4) is 0 Å². The highest BCUT2D eigenvalue weighted by atomic mass is 32.2. The van der Waals surface area contributed by atoms with Crippen LogP contribution in [-0.2, 0) is 9.47 Å². The van der Waals surface area contributed by atoms with Crippen LogP contribution in [-0.4, -0.2) is 37.2 Å². The van der Waals surface area contributed by atoms with Crippen LogP contribution in [0.2, 0.25) is 0 Å². The van der Waals surface area contributed by atoms with Crippen LogP contribution in [0.4, 0.5) is 0 Å². The van der Waals surface area contributed by atoms with Crippen LogP contribution >= 0.6 is 11.8 Å². The lowest BCUT2D eigenvalue weighted by Gasteiger charge is -2.26. The molecule has 4 heteroatoms. The monoisotopic (exact) mass is 175 g/mol. The minimum atomic E-state index is 0.139. The second-order valence-corrected chi connectivity index (χ2v) is 3.92. The molecule has 2 atom stereocenters. The van der Waals surface area contributed by atoms with Gasteiger partial charge in [0.2, 0.25) is 0 Å². The SMILES string of the molecule is C1COC(C2NCCO2)SC1. The molecule has 1 N–H and O–H groups in total. The lowest BCUT2D eigenvalue weighted by atomic mass is 10.5. The predicted octanol–water partition coefficient (Wildman–Crippen LogP) is 0.412. The molecule has 2 aliphatic rings. The molecule has 0 radical (unpaired) electrons. The highest BCUT2D eigenvalue weighted by Crippen LogP contribution is 2.23. The highest BCUT2D eigenvalue weighted by Gasteiger charge is 2.27. The van der Waals surface area contributed by atoms with Crippen molar-refractivity contribution in [3.63, 3.8) is 0 Å². The molecule has 0 spiro atoms. The van der Waals surface area contributed by atoms with E-state index in [1.54, 1.807) is 0 Å². The first-order valence-electron chi connectivity index (χ1n) is 4.05. The van der Waals surface area contributed by atoms with Crippen molar-refractivity contribution in [2.75, 3.05) is 25.5 Å². The number of hydrogen-bond acceptors (Lipinski definition) is 4. The molecular formula is C7H13NO2S. The summed E-state index contributed by atoms with van der Waals surface area (Å²) in [6.07, 6.45) is 1.31. The van der Waals surface area contributed by atoms with E-state index in [9.17, 15) is 0 Å². The Hall–Kier alpha value is 0.230. The third-order valence-electron chi connectivity index (χ3n) is 1.85. The molecule has 11 heavy (non-hydrogen) atoms. The van der Waals surface area contributed by atoms with Crippen molar-refractivity contribution in [1.29, 1.82) is 0 Å². The van der Waals surface area contributed by atoms with Crippen molar-refractivity contribution < 1.29 is 9.47 Å². The van der Waals surface area contributed by atoms with E-state index in [2.05, 4.69) is 5.32 Å². The van der Waals surface area contributed by atoms with Gasteiger partial charge in [-0.25, -0.2) is 0 Å². The number of ether oxygens (including phenoxy) is 2. The van der Waals surface area contributed by atoms with Crippen molar-refractivity contribution in [2.24, 2.45) is 0 Å². The van der Waals surface area contributed by atoms with E-state index in [1.807, 2.05) is 11.8 Å². The molecule has 0 aliphatic carbocycles. The van der Waals surface area contributed by atoms with Gasteiger partial charge in [-0.3, -0.25) is 5.32 Å². The van der Waals surface area contributed by atoms with Crippen LogP contribution in [0, 0.1) is 0 Å². The molecular weight excluding hydrogens is 162 g/mol. The number of rotatable bonds is 1. The molecule has 0 aromatic heterocycles. The van der Waals surface area contributed by atoms with E-state index in [0.29, 0.717) is 0 Å². The second-order valence-electron chi connectivity index (χ2n) is 2.71. The summed E-state index contributed by atoms with van der Waals surface area (Å²) < 4.78 is 11.0. The highest BCUT2D eigenvalue weighted by molar-refractivity contribution is 7.99. The molecule has 0 saturated carbocycles. The van der Waals surface area contributed by atoms with Gasteiger partial charge in [-0.2, -0.15) is 0 Å². The summed E-state index contributed by atoms with van der Waals surface area (Å²) in [5.41, 5.74) is 0.228. The molecule has 0 aromatic carbocycles. The fourth-order valence-electron chi connectivity index (χ4n) is 1.30. The fraction of sp³-hybridized carbons (Fsp3) is 1.00. The Morgan fingerprint density at radius 2 is 2.27 bits per heavy atom. The Bertz CT molecular complexity index is 122. The van der Waals surface area contributed by atoms with Gasteiger partial charge in [0.25, 0.3) is 0 Å². The van der Waals surface area contributed by atoms with Gasteiger partial charge >= 0.3 is 0 Å². The molecule has 2 rings (SSSR count). The van der Waals surface area contributed by atoms with Crippen LogP contribution in [0.25, 0.3) is 0 Å². The fourth-order valence-corrected chi connectivity index (χ4v) is 2.36. The minimum Gasteiger partial charge on any atom is -0.363 e. The molecule has 2 unspecified atom stereocenters. The smallest absolute Gasteiger partial charge is 0.144 e. The first-order valence-corrected chi connectivity index (χ1v) is 5.10. The Morgan fingerprint density at radius 3 is 2.91 bits per heavy atom. The van der Waals surface area contributed by atoms with Crippen molar-refractivity contribution in [3.05, 3.63) is 0 Å². The van der Waals surface area contributed by atoms with Gasteiger partial charge in [0.1, 0.15) is 11.7 Å². The summed E-state index contributed by atoms with van der Waals surface area (Å²) in [6.45, 7) is 2.68. The maximum absolute atomic E-state index is 5.54. The van der Waals surface area contributed by atoms with Crippen molar-refractivity contribution >= 4 is 11.8 Å². The Labute approximate surface area is 70.8 Å². The number of thioether (sulfide) groups is 1. The third-order valence-corrected chi connectivity index (χ3v) is 3.08. The molecule has 0 bridgehead atoms. The second kappa shape index (κ2) is 3.76. The summed E-state index contributed by atoms with van der Waals surface area (Å²) in [5.74, 6) is 1.20. The van der Waals surface area contributed by atoms with Crippen LogP contribution in [0.15, 0.2) is 0 Å². The lowest BCUT2D eigenvalue weighted by Crippen LogP contribution is -2.37. The topological polar surface area (TPSA) is 30.5 Å². The van der Waals surface area contributed by atoms with Crippen LogP contribution in [0.1, 0.15) is 6.42 Å². The normalized spacial score (nSPS) is 39.3. The van der Waals surface area contributed by atoms with E-state index in [4.69, 9.17) is 9.47 Å². The van der Waals surface area contributed by atoms with E-state index in [-0.39, 0.29) is 11.7 Å². The molecule has 64 valence electrons. The third kappa shape index (κ3) is 1.87. The lowest BCUT2D eigenvalue weighted by molar-refractivity contribution is -0.0138. The first kappa shape index (κ1) is 7.86. The van der Waals surface area contributed by atoms with E-state index in [0.717, 1.165) is 19.8 Å². The van der Waals surface area contributed by atoms with Gasteiger partial charge in [0, 0.05) is 13.2 Å². The summed E-state index contributed by atoms with van der Waals surface area (Å²) in [7, 11) is 0. The Morgan fingerprint density at radius 1 is 1.27 bits per heavy atom. The van der Waals surface area contributed by atoms with Gasteiger partial charge in [-0.1, -0.05) is 0 Å². The van der Waals surface area contributed by atoms with Crippen molar-refractivity contribution in [2.45, 2.75) is 18.1 Å². The standard InChI is InChI=1S/C7H13NO2S/c1-3-10-7(11-5-1)6-8-2-4-9-6/h6-8H,1-5H2. The van der Waals surface area contributed by atoms with Gasteiger partial charge in [-0.15, -0.1) is 11.8 Å². The van der Waals surface area contributed by atoms with Gasteiger partial charge in [0.05, 0.1) is 6.61 Å². The zero-order chi connectivity index (χ0) is 7.52. The summed E-state index contributed by atoms with van der Waals surface area (Å²) in [6, 6.07) is 0. The van der Waals surface area contributed by atoms with Crippen LogP contribution < -0.4 is 5.32 Å². The van der Waals surface area contributed by atoms with Gasteiger partial charge < -0.3 is 9.47 Å². The van der Waals surface area contributed by atoms with E-state index in [1.165, 1.54) is 12.2 Å². The molecule has 0 aromatic rings. The van der Waals surface area contributed by atoms with Crippen LogP contribution in [0.5, 0.6) is 0 Å². The average molecular weight is 175 g/mol. The summed E-state index contributed by atoms with van der Waals surface area (Å²) in [5, 5.41) is 3.26. The van der Waals surface area contributed by atoms with E-state index >= 15 is 0 Å². The minimum absolute atomic E-state index is 0.139. The summed E-state index contributed by atoms with van der Waals surface area (Å²) >= 11 is 1.85. The zero-order valence-electron chi connectivity index (χ0n) is 6.41. The summed E-state index contributed by atoms with van der Waals surface area (Å²) in [4.78, 5) is 0. The molecule has 0 amide bonds. The number of nitrogens with one attached hydrogen (secondary N) is 1. The maximum atomic E-state index is 5.54. The Balaban J connectivity index is 1.82. The van der Waals surface area contributed by atoms with Crippen molar-refractivity contribution in [1.82, 2.24) is 5.32 Å². The quantitative estimate of drug-likeness (QED) is 0.625. The average Bonchev–Trinajstić information content (AvgIpc) is 2.58. The largest absolute Gasteiger partial charge is 0.363 e. The molecule has 3 nitrogen and oxygen atoms in total. The van der Waals surface area contributed by atoms with Gasteiger partial charge in [0.15, 0.2) is 0 Å². The predicted molar refractivity (Wildman–Crippen MR) is 44.6 cm³/mol. The zero-order valence-corrected chi connectivity index (χ0v) is 7.23. The first-order chi connectivity index (χ1) is 5.47.